The minimum absolute atomic E-state index is 0.0708. The average Bonchev–Trinajstić information content (AvgIpc) is 2.52. The lowest BCUT2D eigenvalue weighted by molar-refractivity contribution is -0.133. The number of para-hydroxylation sites is 2. The van der Waals surface area contributed by atoms with Crippen molar-refractivity contribution in [3.05, 3.63) is 24.3 Å². The number of hydrogen-bond acceptors (Lipinski definition) is 5. The lowest BCUT2D eigenvalue weighted by Gasteiger charge is -2.30. The number of nitrogens with zero attached hydrogens (tertiary/aromatic N) is 2. The third-order valence-electron chi connectivity index (χ3n) is 3.80. The van der Waals surface area contributed by atoms with Crippen molar-refractivity contribution in [1.82, 2.24) is 15.1 Å². The van der Waals surface area contributed by atoms with Crippen LogP contribution in [-0.2, 0) is 9.59 Å². The van der Waals surface area contributed by atoms with Crippen LogP contribution in [0, 0.1) is 0 Å². The fourth-order valence-corrected chi connectivity index (χ4v) is 2.67. The van der Waals surface area contributed by atoms with Gasteiger partial charge in [-0.3, -0.25) is 14.5 Å². The van der Waals surface area contributed by atoms with Crippen molar-refractivity contribution >= 4 is 11.8 Å². The molecule has 0 bridgehead atoms. The first kappa shape index (κ1) is 20.0. The second-order valence-electron chi connectivity index (χ2n) is 7.74. The van der Waals surface area contributed by atoms with E-state index in [0.29, 0.717) is 18.9 Å². The molecule has 0 aliphatic carbocycles. The van der Waals surface area contributed by atoms with Crippen molar-refractivity contribution in [2.45, 2.75) is 32.4 Å². The summed E-state index contributed by atoms with van der Waals surface area (Å²) in [6, 6.07) is 7.49. The summed E-state index contributed by atoms with van der Waals surface area (Å²) in [5.74, 6) is 1.25. The number of benzene rings is 1. The third-order valence-corrected chi connectivity index (χ3v) is 3.80. The van der Waals surface area contributed by atoms with Crippen LogP contribution >= 0.6 is 0 Å². The van der Waals surface area contributed by atoms with Gasteiger partial charge < -0.3 is 19.7 Å². The summed E-state index contributed by atoms with van der Waals surface area (Å²) in [5.41, 5.74) is -0.284. The minimum atomic E-state index is -0.284. The van der Waals surface area contributed by atoms with Gasteiger partial charge in [-0.05, 0) is 40.0 Å². The number of fused-ring (bicyclic) bond motifs is 1. The van der Waals surface area contributed by atoms with E-state index < -0.39 is 0 Å². The molecule has 26 heavy (non-hydrogen) atoms. The van der Waals surface area contributed by atoms with E-state index in [1.54, 1.807) is 23.9 Å². The summed E-state index contributed by atoms with van der Waals surface area (Å²) in [6.07, 6.45) is -0.214. The van der Waals surface area contributed by atoms with Gasteiger partial charge in [0, 0.05) is 12.6 Å². The molecule has 0 saturated carbocycles. The van der Waals surface area contributed by atoms with Gasteiger partial charge in [-0.1, -0.05) is 12.1 Å². The highest BCUT2D eigenvalue weighted by Gasteiger charge is 2.24. The van der Waals surface area contributed by atoms with E-state index in [9.17, 15) is 9.59 Å². The predicted octanol–water partition coefficient (Wildman–Crippen LogP) is 1.13. The first-order valence-electron chi connectivity index (χ1n) is 8.76. The van der Waals surface area contributed by atoms with Gasteiger partial charge >= 0.3 is 0 Å². The summed E-state index contributed by atoms with van der Waals surface area (Å²) in [7, 11) is 3.49. The number of nitrogens with one attached hydrogen (secondary N) is 1. The normalized spacial score (nSPS) is 16.3. The number of carbonyl (C=O) groups excluding carboxylic acids is 2. The van der Waals surface area contributed by atoms with Crippen LogP contribution in [0.3, 0.4) is 0 Å². The molecule has 7 nitrogen and oxygen atoms in total. The second-order valence-corrected chi connectivity index (χ2v) is 7.74. The van der Waals surface area contributed by atoms with Gasteiger partial charge in [0.15, 0.2) is 17.6 Å². The maximum atomic E-state index is 12.4. The van der Waals surface area contributed by atoms with E-state index in [0.717, 1.165) is 5.75 Å². The molecule has 0 fully saturated rings. The highest BCUT2D eigenvalue weighted by atomic mass is 16.6. The molecule has 144 valence electrons. The fraction of sp³-hybridized carbons (Fsp3) is 0.579. The Morgan fingerprint density at radius 3 is 2.46 bits per heavy atom. The summed E-state index contributed by atoms with van der Waals surface area (Å²) >= 11 is 0. The zero-order valence-electron chi connectivity index (χ0n) is 16.2. The molecule has 0 aromatic heterocycles. The second kappa shape index (κ2) is 8.40. The van der Waals surface area contributed by atoms with Crippen LogP contribution in [0.25, 0.3) is 0 Å². The van der Waals surface area contributed by atoms with Crippen molar-refractivity contribution < 1.29 is 19.1 Å². The Bertz CT molecular complexity index is 642. The quantitative estimate of drug-likeness (QED) is 0.820. The zero-order valence-corrected chi connectivity index (χ0v) is 16.2. The van der Waals surface area contributed by atoms with Crippen LogP contribution in [0.2, 0.25) is 0 Å². The highest BCUT2D eigenvalue weighted by molar-refractivity contribution is 5.81. The van der Waals surface area contributed by atoms with Crippen LogP contribution in [0.5, 0.6) is 11.5 Å². The first-order chi connectivity index (χ1) is 12.1. The first-order valence-corrected chi connectivity index (χ1v) is 8.76. The molecule has 0 unspecified atom stereocenters. The van der Waals surface area contributed by atoms with Crippen LogP contribution in [0.1, 0.15) is 20.8 Å². The number of hydrogen-bond donors (Lipinski definition) is 1. The van der Waals surface area contributed by atoms with E-state index in [1.165, 1.54) is 0 Å². The maximum absolute atomic E-state index is 12.4. The largest absolute Gasteiger partial charge is 0.486 e. The number of ether oxygens (including phenoxy) is 2. The van der Waals surface area contributed by atoms with Crippen LogP contribution in [0.4, 0.5) is 0 Å². The topological polar surface area (TPSA) is 71.1 Å². The van der Waals surface area contributed by atoms with Crippen molar-refractivity contribution in [2.24, 2.45) is 0 Å². The van der Waals surface area contributed by atoms with E-state index >= 15 is 0 Å². The molecule has 0 saturated heterocycles. The smallest absolute Gasteiger partial charge is 0.236 e. The Morgan fingerprint density at radius 2 is 1.81 bits per heavy atom. The van der Waals surface area contributed by atoms with Crippen molar-refractivity contribution in [3.8, 4) is 11.5 Å². The number of amides is 2. The lowest BCUT2D eigenvalue weighted by Crippen LogP contribution is -2.48. The van der Waals surface area contributed by atoms with E-state index in [2.05, 4.69) is 5.32 Å². The lowest BCUT2D eigenvalue weighted by atomic mass is 10.1. The molecule has 7 heteroatoms. The SMILES string of the molecule is CN(CC(=O)NC(C)(C)C)CC(=O)N(C)C[C@H]1COc2ccccc2O1. The van der Waals surface area contributed by atoms with Crippen molar-refractivity contribution in [2.75, 3.05) is 40.3 Å². The summed E-state index contributed by atoms with van der Waals surface area (Å²) in [5, 5.41) is 2.89. The van der Waals surface area contributed by atoms with Gasteiger partial charge in [0.25, 0.3) is 0 Å². The molecule has 1 aromatic rings. The van der Waals surface area contributed by atoms with Crippen LogP contribution in [-0.4, -0.2) is 73.6 Å². The number of likely N-dealkylation sites (N-methyl/N-ethyl adjacent to an activating group) is 2. The van der Waals surface area contributed by atoms with Crippen LogP contribution in [0.15, 0.2) is 24.3 Å². The van der Waals surface area contributed by atoms with Gasteiger partial charge in [-0.15, -0.1) is 0 Å². The Morgan fingerprint density at radius 1 is 1.15 bits per heavy atom. The van der Waals surface area contributed by atoms with E-state index in [1.807, 2.05) is 45.0 Å². The monoisotopic (exact) mass is 363 g/mol. The molecule has 0 radical (unpaired) electrons. The molecule has 1 aliphatic rings. The predicted molar refractivity (Wildman–Crippen MR) is 99.4 cm³/mol. The van der Waals surface area contributed by atoms with E-state index in [-0.39, 0.29) is 36.5 Å². The molecule has 1 N–H and O–H groups in total. The van der Waals surface area contributed by atoms with Gasteiger partial charge in [-0.25, -0.2) is 0 Å². The molecule has 1 atom stereocenters. The standard InChI is InChI=1S/C19H29N3O4/c1-19(2,3)20-17(23)11-21(4)12-18(24)22(5)10-14-13-25-15-8-6-7-9-16(15)26-14/h6-9,14H,10-13H2,1-5H3,(H,20,23)/t14-/m0/s1. The molecule has 2 amide bonds. The number of rotatable bonds is 6. The Hall–Kier alpha value is -2.28. The Kier molecular flexibility index (Phi) is 6.47. The third kappa shape index (κ3) is 6.22. The fourth-order valence-electron chi connectivity index (χ4n) is 2.67. The van der Waals surface area contributed by atoms with E-state index in [4.69, 9.17) is 9.47 Å². The van der Waals surface area contributed by atoms with Gasteiger partial charge in [-0.2, -0.15) is 0 Å². The van der Waals surface area contributed by atoms with Crippen molar-refractivity contribution in [1.29, 1.82) is 0 Å². The maximum Gasteiger partial charge on any atom is 0.236 e. The molecule has 0 spiro atoms. The van der Waals surface area contributed by atoms with Crippen LogP contribution < -0.4 is 14.8 Å². The molecule has 1 heterocycles. The highest BCUT2D eigenvalue weighted by Crippen LogP contribution is 2.30. The molecule has 1 aromatic carbocycles. The Labute approximate surface area is 155 Å². The van der Waals surface area contributed by atoms with Gasteiger partial charge in [0.05, 0.1) is 19.6 Å². The molecule has 2 rings (SSSR count). The van der Waals surface area contributed by atoms with Gasteiger partial charge in [0.2, 0.25) is 11.8 Å². The molecular formula is C19H29N3O4. The summed E-state index contributed by atoms with van der Waals surface area (Å²) in [4.78, 5) is 27.6. The molecular weight excluding hydrogens is 334 g/mol. The number of carbonyl (C=O) groups is 2. The van der Waals surface area contributed by atoms with Gasteiger partial charge in [0.1, 0.15) is 6.61 Å². The summed E-state index contributed by atoms with van der Waals surface area (Å²) < 4.78 is 11.6. The Balaban J connectivity index is 1.78. The summed E-state index contributed by atoms with van der Waals surface area (Å²) in [6.45, 7) is 6.94. The molecule has 1 aliphatic heterocycles. The average molecular weight is 363 g/mol. The van der Waals surface area contributed by atoms with Crippen molar-refractivity contribution in [3.63, 3.8) is 0 Å². The zero-order chi connectivity index (χ0) is 19.3. The minimum Gasteiger partial charge on any atom is -0.486 e.